The third kappa shape index (κ3) is 8.44. The van der Waals surface area contributed by atoms with E-state index in [2.05, 4.69) is 15.6 Å². The van der Waals surface area contributed by atoms with Crippen molar-refractivity contribution >= 4 is 35.0 Å². The highest BCUT2D eigenvalue weighted by Crippen LogP contribution is 2.30. The number of nitrogens with one attached hydrogen (secondary N) is 2. The Kier molecular flexibility index (Phi) is 11.0. The minimum atomic E-state index is -0.909. The molecule has 0 bridgehead atoms. The first-order chi connectivity index (χ1) is 20.3. The Labute approximate surface area is 265 Å². The first-order valence-corrected chi connectivity index (χ1v) is 16.1. The Morgan fingerprint density at radius 2 is 1.64 bits per heavy atom. The standard InChI is InChI=1S/C33H49N5O5S/c1-18(2)25(34)30(41)43-23-15-24(38(16-23)29(40)27(32(5,6)7)37-31(42)33(8,9)10)28(39)36-19(3)21-11-13-22(14-12-21)26-20(4)35-17-44-26/h11-14,17-19,23-25,27H,15-16,34H2,1-10H3,(H,36,39)(H,37,42)/t19?,23?,24?,25-,27?/m0/s1. The van der Waals surface area contributed by atoms with Crippen molar-refractivity contribution in [1.29, 1.82) is 0 Å². The van der Waals surface area contributed by atoms with Gasteiger partial charge in [-0.2, -0.15) is 0 Å². The van der Waals surface area contributed by atoms with Crippen LogP contribution < -0.4 is 16.4 Å². The summed E-state index contributed by atoms with van der Waals surface area (Å²) in [4.78, 5) is 60.5. The largest absolute Gasteiger partial charge is 0.459 e. The minimum absolute atomic E-state index is 0.0166. The number of nitrogens with two attached hydrogens (primary N) is 1. The average molecular weight is 628 g/mol. The van der Waals surface area contributed by atoms with Gasteiger partial charge in [0.15, 0.2) is 0 Å². The predicted molar refractivity (Wildman–Crippen MR) is 172 cm³/mol. The smallest absolute Gasteiger partial charge is 0.323 e. The number of esters is 1. The van der Waals surface area contributed by atoms with E-state index in [-0.39, 0.29) is 36.7 Å². The van der Waals surface area contributed by atoms with E-state index in [9.17, 15) is 19.2 Å². The van der Waals surface area contributed by atoms with Gasteiger partial charge in [-0.25, -0.2) is 4.98 Å². The van der Waals surface area contributed by atoms with E-state index < -0.39 is 46.9 Å². The topological polar surface area (TPSA) is 144 Å². The lowest BCUT2D eigenvalue weighted by atomic mass is 9.84. The summed E-state index contributed by atoms with van der Waals surface area (Å²) < 4.78 is 5.71. The molecule has 0 spiro atoms. The maximum atomic E-state index is 14.1. The molecule has 1 fully saturated rings. The fourth-order valence-electron chi connectivity index (χ4n) is 4.95. The zero-order valence-corrected chi connectivity index (χ0v) is 28.5. The number of likely N-dealkylation sites (tertiary alicyclic amines) is 1. The maximum absolute atomic E-state index is 14.1. The maximum Gasteiger partial charge on any atom is 0.323 e. The Hall–Kier alpha value is -3.31. The van der Waals surface area contributed by atoms with Crippen LogP contribution in [0.15, 0.2) is 29.8 Å². The summed E-state index contributed by atoms with van der Waals surface area (Å²) in [6.45, 7) is 18.4. The average Bonchev–Trinajstić information content (AvgIpc) is 3.55. The van der Waals surface area contributed by atoms with Crippen LogP contribution in [-0.4, -0.2) is 64.3 Å². The van der Waals surface area contributed by atoms with Crippen molar-refractivity contribution in [2.24, 2.45) is 22.5 Å². The van der Waals surface area contributed by atoms with Gasteiger partial charge in [0.05, 0.1) is 28.7 Å². The first kappa shape index (κ1) is 35.2. The summed E-state index contributed by atoms with van der Waals surface area (Å²) >= 11 is 1.58. The molecule has 1 aromatic heterocycles. The SMILES string of the molecule is Cc1ncsc1-c1ccc(C(C)NC(=O)C2CC(OC(=O)[C@@H](N)C(C)C)CN2C(=O)C(NC(=O)C(C)(C)C)C(C)(C)C)cc1. The second kappa shape index (κ2) is 13.8. The lowest BCUT2D eigenvalue weighted by molar-refractivity contribution is -0.152. The number of rotatable bonds is 9. The van der Waals surface area contributed by atoms with Crippen molar-refractivity contribution in [3.63, 3.8) is 0 Å². The van der Waals surface area contributed by atoms with Crippen LogP contribution in [0.4, 0.5) is 0 Å². The highest BCUT2D eigenvalue weighted by molar-refractivity contribution is 7.13. The van der Waals surface area contributed by atoms with E-state index in [0.717, 1.165) is 21.7 Å². The second-order valence-corrected chi connectivity index (χ2v) is 15.1. The second-order valence-electron chi connectivity index (χ2n) is 14.2. The van der Waals surface area contributed by atoms with Gasteiger partial charge in [0, 0.05) is 11.8 Å². The molecule has 5 atom stereocenters. The van der Waals surface area contributed by atoms with Gasteiger partial charge >= 0.3 is 5.97 Å². The number of thiazole rings is 1. The van der Waals surface area contributed by atoms with Gasteiger partial charge < -0.3 is 26.0 Å². The van der Waals surface area contributed by atoms with Gasteiger partial charge in [-0.05, 0) is 36.3 Å². The zero-order chi connectivity index (χ0) is 33.1. The Morgan fingerprint density at radius 3 is 2.14 bits per heavy atom. The molecular formula is C33H49N5O5S. The number of ether oxygens (including phenoxy) is 1. The Morgan fingerprint density at radius 1 is 1.02 bits per heavy atom. The molecule has 0 radical (unpaired) electrons. The molecule has 3 amide bonds. The summed E-state index contributed by atoms with van der Waals surface area (Å²) in [5.41, 5.74) is 9.38. The molecule has 1 aliphatic heterocycles. The fraction of sp³-hybridized carbons (Fsp3) is 0.606. The molecule has 0 saturated carbocycles. The molecule has 2 heterocycles. The molecule has 11 heteroatoms. The van der Waals surface area contributed by atoms with Crippen LogP contribution >= 0.6 is 11.3 Å². The van der Waals surface area contributed by atoms with E-state index in [4.69, 9.17) is 10.5 Å². The molecule has 2 aromatic rings. The molecule has 1 saturated heterocycles. The summed E-state index contributed by atoms with van der Waals surface area (Å²) in [5, 5.41) is 5.97. The van der Waals surface area contributed by atoms with Crippen molar-refractivity contribution in [2.75, 3.05) is 6.54 Å². The number of amides is 3. The number of aryl methyl sites for hydroxylation is 1. The summed E-state index contributed by atoms with van der Waals surface area (Å²) in [6, 6.07) is 4.94. The molecular weight excluding hydrogens is 578 g/mol. The Balaban J connectivity index is 1.85. The van der Waals surface area contributed by atoms with Crippen LogP contribution in [0.3, 0.4) is 0 Å². The van der Waals surface area contributed by atoms with Gasteiger partial charge in [-0.1, -0.05) is 79.7 Å². The number of aromatic nitrogens is 1. The third-order valence-corrected chi connectivity index (χ3v) is 8.95. The van der Waals surface area contributed by atoms with E-state index in [0.29, 0.717) is 0 Å². The molecule has 4 N–H and O–H groups in total. The number of nitrogens with zero attached hydrogens (tertiary/aromatic N) is 2. The highest BCUT2D eigenvalue weighted by atomic mass is 32.1. The fourth-order valence-corrected chi connectivity index (χ4v) is 5.76. The lowest BCUT2D eigenvalue weighted by Crippen LogP contribution is -2.59. The Bertz CT molecular complexity index is 1340. The van der Waals surface area contributed by atoms with Crippen LogP contribution in [0.25, 0.3) is 10.4 Å². The van der Waals surface area contributed by atoms with Crippen molar-refractivity contribution in [1.82, 2.24) is 20.5 Å². The number of hydrogen-bond acceptors (Lipinski definition) is 8. The molecule has 4 unspecified atom stereocenters. The van der Waals surface area contributed by atoms with Gasteiger partial charge in [0.1, 0.15) is 24.2 Å². The van der Waals surface area contributed by atoms with E-state index in [1.165, 1.54) is 4.90 Å². The molecule has 44 heavy (non-hydrogen) atoms. The minimum Gasteiger partial charge on any atom is -0.459 e. The number of benzene rings is 1. The number of hydrogen-bond donors (Lipinski definition) is 3. The van der Waals surface area contributed by atoms with Crippen LogP contribution in [0.2, 0.25) is 0 Å². The summed E-state index contributed by atoms with van der Waals surface area (Å²) in [7, 11) is 0. The van der Waals surface area contributed by atoms with Crippen molar-refractivity contribution in [2.45, 2.75) is 106 Å². The predicted octanol–water partition coefficient (Wildman–Crippen LogP) is 4.37. The molecule has 242 valence electrons. The van der Waals surface area contributed by atoms with Crippen LogP contribution in [-0.2, 0) is 23.9 Å². The molecule has 10 nitrogen and oxygen atoms in total. The molecule has 0 aliphatic carbocycles. The molecule has 1 aliphatic rings. The molecule has 1 aromatic carbocycles. The van der Waals surface area contributed by atoms with E-state index >= 15 is 0 Å². The number of carbonyl (C=O) groups excluding carboxylic acids is 4. The van der Waals surface area contributed by atoms with Gasteiger partial charge in [0.2, 0.25) is 17.7 Å². The monoisotopic (exact) mass is 627 g/mol. The molecule has 3 rings (SSSR count). The van der Waals surface area contributed by atoms with E-state index in [1.54, 1.807) is 32.1 Å². The third-order valence-electron chi connectivity index (χ3n) is 7.97. The van der Waals surface area contributed by atoms with Crippen molar-refractivity contribution in [3.05, 3.63) is 41.0 Å². The quantitative estimate of drug-likeness (QED) is 0.350. The lowest BCUT2D eigenvalue weighted by Gasteiger charge is -2.36. The summed E-state index contributed by atoms with van der Waals surface area (Å²) in [6.07, 6.45) is -0.600. The summed E-state index contributed by atoms with van der Waals surface area (Å²) in [5.74, 6) is -1.75. The van der Waals surface area contributed by atoms with E-state index in [1.807, 2.05) is 78.2 Å². The highest BCUT2D eigenvalue weighted by Gasteiger charge is 2.47. The van der Waals surface area contributed by atoms with Gasteiger partial charge in [-0.3, -0.25) is 19.2 Å². The van der Waals surface area contributed by atoms with Crippen LogP contribution in [0.5, 0.6) is 0 Å². The van der Waals surface area contributed by atoms with Gasteiger partial charge in [-0.15, -0.1) is 11.3 Å². The van der Waals surface area contributed by atoms with Gasteiger partial charge in [0.25, 0.3) is 0 Å². The van der Waals surface area contributed by atoms with Crippen molar-refractivity contribution < 1.29 is 23.9 Å². The normalized spacial score (nSPS) is 19.3. The van der Waals surface area contributed by atoms with Crippen LogP contribution in [0, 0.1) is 23.7 Å². The number of carbonyl (C=O) groups is 4. The van der Waals surface area contributed by atoms with Crippen LogP contribution in [0.1, 0.15) is 86.0 Å². The zero-order valence-electron chi connectivity index (χ0n) is 27.7. The first-order valence-electron chi connectivity index (χ1n) is 15.2. The van der Waals surface area contributed by atoms with Crippen molar-refractivity contribution in [3.8, 4) is 10.4 Å².